The van der Waals surface area contributed by atoms with Crippen LogP contribution in [-0.4, -0.2) is 65.4 Å². The summed E-state index contributed by atoms with van der Waals surface area (Å²) < 4.78 is 5.13. The minimum absolute atomic E-state index is 0.109. The Morgan fingerprint density at radius 1 is 1.31 bits per heavy atom. The van der Waals surface area contributed by atoms with Gasteiger partial charge in [0.25, 0.3) is 0 Å². The molecule has 0 bridgehead atoms. The molecule has 3 aromatic rings. The molecule has 152 valence electrons. The zero-order valence-corrected chi connectivity index (χ0v) is 16.7. The number of hydrogen-bond donors (Lipinski definition) is 3. The number of hydrogen-bond acceptors (Lipinski definition) is 8. The molecule has 4 N–H and O–H groups in total. The first kappa shape index (κ1) is 19.2. The van der Waals surface area contributed by atoms with Crippen molar-refractivity contribution >= 4 is 45.0 Å². The number of anilines is 3. The van der Waals surface area contributed by atoms with Gasteiger partial charge in [-0.05, 0) is 35.7 Å². The zero-order chi connectivity index (χ0) is 20.4. The Hall–Kier alpha value is -3.11. The summed E-state index contributed by atoms with van der Waals surface area (Å²) in [5.74, 6) is 1.62. The van der Waals surface area contributed by atoms with Crippen LogP contribution in [0.5, 0.6) is 5.75 Å². The number of urea groups is 1. The molecule has 4 rings (SSSR count). The Morgan fingerprint density at radius 2 is 2.10 bits per heavy atom. The van der Waals surface area contributed by atoms with Gasteiger partial charge in [-0.1, -0.05) is 0 Å². The molecule has 3 heterocycles. The van der Waals surface area contributed by atoms with Crippen molar-refractivity contribution in [1.29, 1.82) is 0 Å². The van der Waals surface area contributed by atoms with Crippen molar-refractivity contribution in [2.75, 3.05) is 49.3 Å². The minimum atomic E-state index is -0.289. The van der Waals surface area contributed by atoms with E-state index in [1.165, 1.54) is 11.3 Å². The van der Waals surface area contributed by atoms with Gasteiger partial charge in [0.1, 0.15) is 16.4 Å². The molecule has 1 fully saturated rings. The van der Waals surface area contributed by atoms with E-state index in [1.807, 2.05) is 16.3 Å². The highest BCUT2D eigenvalue weighted by atomic mass is 32.1. The topological polar surface area (TPSA) is 117 Å². The highest BCUT2D eigenvalue weighted by Gasteiger charge is 2.31. The lowest BCUT2D eigenvalue weighted by atomic mass is 10.1. The van der Waals surface area contributed by atoms with E-state index >= 15 is 0 Å². The maximum Gasteiger partial charge on any atom is 0.321 e. The van der Waals surface area contributed by atoms with Crippen molar-refractivity contribution in [2.45, 2.75) is 6.04 Å². The predicted molar refractivity (Wildman–Crippen MR) is 114 cm³/mol. The number of thiophene rings is 1. The fourth-order valence-corrected chi connectivity index (χ4v) is 4.19. The summed E-state index contributed by atoms with van der Waals surface area (Å²) in [5.41, 5.74) is 6.55. The van der Waals surface area contributed by atoms with Crippen LogP contribution in [-0.2, 0) is 0 Å². The van der Waals surface area contributed by atoms with Gasteiger partial charge in [0, 0.05) is 25.3 Å². The number of amides is 2. The SMILES string of the molecule is COc1ccc(NC(=O)N2CCN(c3nc(N)nc4sccc34)C(CO)C2)cc1. The number of piperazine rings is 1. The highest BCUT2D eigenvalue weighted by molar-refractivity contribution is 7.16. The Bertz CT molecular complexity index is 1010. The summed E-state index contributed by atoms with van der Waals surface area (Å²) in [6.45, 7) is 1.28. The molecule has 1 aromatic carbocycles. The quantitative estimate of drug-likeness (QED) is 0.598. The Balaban J connectivity index is 1.49. The molecule has 9 nitrogen and oxygen atoms in total. The molecule has 2 aromatic heterocycles. The molecule has 0 aliphatic carbocycles. The molecule has 2 amide bonds. The molecule has 29 heavy (non-hydrogen) atoms. The number of nitrogens with one attached hydrogen (secondary N) is 1. The minimum Gasteiger partial charge on any atom is -0.497 e. The molecular formula is C19H22N6O3S. The molecule has 1 saturated heterocycles. The second-order valence-corrected chi connectivity index (χ2v) is 7.57. The van der Waals surface area contributed by atoms with Crippen LogP contribution in [0.15, 0.2) is 35.7 Å². The standard InChI is InChI=1S/C19H22N6O3S/c1-28-14-4-2-12(3-5-14)21-19(27)24-7-8-25(13(10-24)11-26)16-15-6-9-29-17(15)23-18(20)22-16/h2-6,9,13,26H,7-8,10-11H2,1H3,(H,21,27)(H2,20,22,23). The van der Waals surface area contributed by atoms with Crippen molar-refractivity contribution < 1.29 is 14.6 Å². The van der Waals surface area contributed by atoms with Gasteiger partial charge in [0.2, 0.25) is 5.95 Å². The lowest BCUT2D eigenvalue weighted by Gasteiger charge is -2.41. The number of aliphatic hydroxyl groups excluding tert-OH is 1. The molecule has 0 radical (unpaired) electrons. The summed E-state index contributed by atoms with van der Waals surface area (Å²) in [7, 11) is 1.59. The van der Waals surface area contributed by atoms with E-state index in [-0.39, 0.29) is 24.6 Å². The molecular weight excluding hydrogens is 392 g/mol. The molecule has 10 heteroatoms. The van der Waals surface area contributed by atoms with Gasteiger partial charge in [-0.15, -0.1) is 11.3 Å². The van der Waals surface area contributed by atoms with E-state index in [0.717, 1.165) is 16.0 Å². The molecule has 0 spiro atoms. The number of methoxy groups -OCH3 is 1. The number of aromatic nitrogens is 2. The fourth-order valence-electron chi connectivity index (χ4n) is 3.43. The number of aliphatic hydroxyl groups is 1. The number of carbonyl (C=O) groups excluding carboxylic acids is 1. The Morgan fingerprint density at radius 3 is 2.83 bits per heavy atom. The normalized spacial score (nSPS) is 16.8. The van der Waals surface area contributed by atoms with Gasteiger partial charge in [0.05, 0.1) is 25.1 Å². The van der Waals surface area contributed by atoms with E-state index in [0.29, 0.717) is 31.1 Å². The maximum atomic E-state index is 12.7. The van der Waals surface area contributed by atoms with Gasteiger partial charge in [-0.2, -0.15) is 4.98 Å². The molecule has 1 unspecified atom stereocenters. The number of nitrogens with two attached hydrogens (primary N) is 1. The van der Waals surface area contributed by atoms with Crippen LogP contribution in [0, 0.1) is 0 Å². The van der Waals surface area contributed by atoms with E-state index < -0.39 is 0 Å². The third kappa shape index (κ3) is 3.89. The zero-order valence-electron chi connectivity index (χ0n) is 15.9. The van der Waals surface area contributed by atoms with Crippen LogP contribution in [0.4, 0.5) is 22.2 Å². The predicted octanol–water partition coefficient (Wildman–Crippen LogP) is 2.00. The first-order valence-electron chi connectivity index (χ1n) is 9.17. The van der Waals surface area contributed by atoms with Crippen molar-refractivity contribution in [2.24, 2.45) is 0 Å². The third-order valence-electron chi connectivity index (χ3n) is 4.92. The van der Waals surface area contributed by atoms with Gasteiger partial charge in [-0.3, -0.25) is 0 Å². The van der Waals surface area contributed by atoms with Gasteiger partial charge in [-0.25, -0.2) is 9.78 Å². The second-order valence-electron chi connectivity index (χ2n) is 6.68. The number of carbonyl (C=O) groups is 1. The van der Waals surface area contributed by atoms with Crippen molar-refractivity contribution in [1.82, 2.24) is 14.9 Å². The van der Waals surface area contributed by atoms with E-state index in [1.54, 1.807) is 36.3 Å². The average molecular weight is 414 g/mol. The molecule has 1 aliphatic rings. The number of rotatable bonds is 4. The number of fused-ring (bicyclic) bond motifs is 1. The van der Waals surface area contributed by atoms with E-state index in [4.69, 9.17) is 10.5 Å². The number of nitrogens with zero attached hydrogens (tertiary/aromatic N) is 4. The average Bonchev–Trinajstić information content (AvgIpc) is 3.21. The van der Waals surface area contributed by atoms with Crippen molar-refractivity contribution in [3.05, 3.63) is 35.7 Å². The summed E-state index contributed by atoms with van der Waals surface area (Å²) in [6.07, 6.45) is 0. The van der Waals surface area contributed by atoms with E-state index in [2.05, 4.69) is 15.3 Å². The first-order chi connectivity index (χ1) is 14.1. The molecule has 1 aliphatic heterocycles. The maximum absolute atomic E-state index is 12.7. The lowest BCUT2D eigenvalue weighted by molar-refractivity contribution is 0.174. The lowest BCUT2D eigenvalue weighted by Crippen LogP contribution is -2.57. The number of nitrogen functional groups attached to an aromatic ring is 1. The third-order valence-corrected chi connectivity index (χ3v) is 5.72. The highest BCUT2D eigenvalue weighted by Crippen LogP contribution is 2.30. The van der Waals surface area contributed by atoms with Gasteiger partial charge in [0.15, 0.2) is 0 Å². The van der Waals surface area contributed by atoms with Gasteiger partial charge >= 0.3 is 6.03 Å². The van der Waals surface area contributed by atoms with Crippen molar-refractivity contribution in [3.63, 3.8) is 0 Å². The van der Waals surface area contributed by atoms with Crippen molar-refractivity contribution in [3.8, 4) is 5.75 Å². The second kappa shape index (κ2) is 8.10. The molecule has 1 atom stereocenters. The van der Waals surface area contributed by atoms with Crippen LogP contribution in [0.1, 0.15) is 0 Å². The largest absolute Gasteiger partial charge is 0.497 e. The first-order valence-corrected chi connectivity index (χ1v) is 10.0. The van der Waals surface area contributed by atoms with Crippen LogP contribution in [0.3, 0.4) is 0 Å². The summed E-state index contributed by atoms with van der Waals surface area (Å²) in [6, 6.07) is 8.59. The summed E-state index contributed by atoms with van der Waals surface area (Å²) in [5, 5.41) is 15.7. The number of benzene rings is 1. The smallest absolute Gasteiger partial charge is 0.321 e. The van der Waals surface area contributed by atoms with Crippen LogP contribution >= 0.6 is 11.3 Å². The Kier molecular flexibility index (Phi) is 5.36. The van der Waals surface area contributed by atoms with Crippen LogP contribution in [0.25, 0.3) is 10.2 Å². The number of ether oxygens (including phenoxy) is 1. The Labute approximate surface area is 171 Å². The fraction of sp³-hybridized carbons (Fsp3) is 0.316. The monoisotopic (exact) mass is 414 g/mol. The van der Waals surface area contributed by atoms with E-state index in [9.17, 15) is 9.90 Å². The molecule has 0 saturated carbocycles. The van der Waals surface area contributed by atoms with Crippen LogP contribution in [0.2, 0.25) is 0 Å². The summed E-state index contributed by atoms with van der Waals surface area (Å²) in [4.78, 5) is 25.9. The van der Waals surface area contributed by atoms with Crippen LogP contribution < -0.4 is 20.7 Å². The summed E-state index contributed by atoms with van der Waals surface area (Å²) >= 11 is 1.49. The van der Waals surface area contributed by atoms with Gasteiger partial charge < -0.3 is 30.7 Å².